The highest BCUT2D eigenvalue weighted by Crippen LogP contribution is 2.68. The monoisotopic (exact) mass is 438 g/mol. The van der Waals surface area contributed by atoms with Gasteiger partial charge in [0.05, 0.1) is 18.3 Å². The third-order valence-electron chi connectivity index (χ3n) is 10.7. The van der Waals surface area contributed by atoms with Crippen molar-refractivity contribution in [2.45, 2.75) is 96.6 Å². The van der Waals surface area contributed by atoms with Crippen molar-refractivity contribution in [2.24, 2.45) is 46.3 Å². The quantitative estimate of drug-likeness (QED) is 0.526. The Hall–Kier alpha value is -0.690. The maximum Gasteiger partial charge on any atom is 0.332 e. The van der Waals surface area contributed by atoms with Gasteiger partial charge in [-0.25, -0.2) is 4.79 Å². The van der Waals surface area contributed by atoms with Gasteiger partial charge < -0.3 is 25.2 Å². The van der Waals surface area contributed by atoms with E-state index in [9.17, 15) is 25.2 Å². The fourth-order valence-corrected chi connectivity index (χ4v) is 8.93. The first-order valence-electron chi connectivity index (χ1n) is 12.3. The summed E-state index contributed by atoms with van der Waals surface area (Å²) in [5.74, 6) is 0.436. The van der Waals surface area contributed by atoms with Crippen LogP contribution in [0.4, 0.5) is 0 Å². The largest absolute Gasteiger partial charge is 0.479 e. The Balaban J connectivity index is 1.60. The highest BCUT2D eigenvalue weighted by molar-refractivity contribution is 5.72. The number of rotatable bonds is 5. The van der Waals surface area contributed by atoms with Gasteiger partial charge in [-0.15, -0.1) is 0 Å². The molecular weight excluding hydrogens is 396 g/mol. The average molecular weight is 439 g/mol. The molecule has 0 aromatic heterocycles. The van der Waals surface area contributed by atoms with Gasteiger partial charge >= 0.3 is 5.97 Å². The van der Waals surface area contributed by atoms with Gasteiger partial charge in [-0.2, -0.15) is 0 Å². The van der Waals surface area contributed by atoms with Crippen molar-refractivity contribution in [1.29, 1.82) is 0 Å². The van der Waals surface area contributed by atoms with Crippen LogP contribution < -0.4 is 0 Å². The zero-order valence-corrected chi connectivity index (χ0v) is 19.5. The molecule has 0 bridgehead atoms. The van der Waals surface area contributed by atoms with E-state index < -0.39 is 18.2 Å². The molecule has 6 heteroatoms. The first-order valence-corrected chi connectivity index (χ1v) is 12.3. The molecule has 0 radical (unpaired) electrons. The Morgan fingerprint density at radius 1 is 1.06 bits per heavy atom. The standard InChI is InChI=1S/C25H42O6/c1-13(9-20(31-4)23(29)30)16-5-6-17-22-18(12-21(28)25(16,17)3)24(2)8-7-15(26)10-14(24)11-19(22)27/h13-22,26-28H,5-12H2,1-4H3,(H,29,30)/t13-,14+,15-,16-,17+,18+,19-,20-,21+,22+,24+,25-/m1/s1. The predicted molar refractivity (Wildman–Crippen MR) is 116 cm³/mol. The van der Waals surface area contributed by atoms with Crippen LogP contribution in [0.5, 0.6) is 0 Å². The smallest absolute Gasteiger partial charge is 0.332 e. The molecule has 0 aromatic carbocycles. The molecule has 4 N–H and O–H groups in total. The molecule has 0 unspecified atom stereocenters. The molecule has 6 nitrogen and oxygen atoms in total. The van der Waals surface area contributed by atoms with Crippen molar-refractivity contribution in [2.75, 3.05) is 7.11 Å². The Bertz CT molecular complexity index is 683. The predicted octanol–water partition coefficient (Wildman–Crippen LogP) is 3.07. The van der Waals surface area contributed by atoms with Gasteiger partial charge in [0, 0.05) is 7.11 Å². The summed E-state index contributed by atoms with van der Waals surface area (Å²) >= 11 is 0. The topological polar surface area (TPSA) is 107 Å². The number of carboxylic acid groups (broad SMARTS) is 1. The third-order valence-corrected chi connectivity index (χ3v) is 10.7. The molecule has 0 amide bonds. The molecule has 4 rings (SSSR count). The van der Waals surface area contributed by atoms with Crippen molar-refractivity contribution < 1.29 is 30.0 Å². The summed E-state index contributed by atoms with van der Waals surface area (Å²) in [4.78, 5) is 11.5. The number of aliphatic hydroxyl groups excluding tert-OH is 3. The van der Waals surface area contributed by atoms with E-state index in [1.165, 1.54) is 7.11 Å². The Morgan fingerprint density at radius 3 is 2.42 bits per heavy atom. The molecule has 4 aliphatic rings. The minimum absolute atomic E-state index is 0.0690. The van der Waals surface area contributed by atoms with Gasteiger partial charge in [0.15, 0.2) is 6.10 Å². The maximum atomic E-state index is 11.6. The highest BCUT2D eigenvalue weighted by Gasteiger charge is 2.65. The molecular formula is C25H42O6. The van der Waals surface area contributed by atoms with Gasteiger partial charge in [0.25, 0.3) is 0 Å². The zero-order chi connectivity index (χ0) is 22.7. The van der Waals surface area contributed by atoms with E-state index in [1.807, 2.05) is 0 Å². The number of methoxy groups -OCH3 is 1. The zero-order valence-electron chi connectivity index (χ0n) is 19.5. The van der Waals surface area contributed by atoms with Crippen molar-refractivity contribution in [3.8, 4) is 0 Å². The van der Waals surface area contributed by atoms with Crippen LogP contribution in [0, 0.1) is 46.3 Å². The van der Waals surface area contributed by atoms with E-state index in [1.54, 1.807) is 0 Å². The summed E-state index contributed by atoms with van der Waals surface area (Å²) < 4.78 is 5.20. The number of aliphatic hydroxyl groups is 3. The molecule has 178 valence electrons. The van der Waals surface area contributed by atoms with E-state index in [0.29, 0.717) is 18.8 Å². The number of ether oxygens (including phenoxy) is 1. The lowest BCUT2D eigenvalue weighted by Crippen LogP contribution is -2.62. The minimum Gasteiger partial charge on any atom is -0.479 e. The van der Waals surface area contributed by atoms with Crippen LogP contribution in [-0.4, -0.2) is 57.9 Å². The lowest BCUT2D eigenvalue weighted by atomic mass is 9.43. The molecule has 0 aromatic rings. The Kier molecular flexibility index (Phi) is 6.26. The maximum absolute atomic E-state index is 11.6. The molecule has 0 saturated heterocycles. The van der Waals surface area contributed by atoms with Crippen LogP contribution in [0.15, 0.2) is 0 Å². The van der Waals surface area contributed by atoms with Gasteiger partial charge in [-0.05, 0) is 97.7 Å². The second-order valence-corrected chi connectivity index (χ2v) is 11.8. The lowest BCUT2D eigenvalue weighted by molar-refractivity contribution is -0.207. The molecule has 0 aliphatic heterocycles. The van der Waals surface area contributed by atoms with Gasteiger partial charge in [-0.1, -0.05) is 20.8 Å². The molecule has 4 saturated carbocycles. The summed E-state index contributed by atoms with van der Waals surface area (Å²) in [6, 6.07) is 0. The Morgan fingerprint density at radius 2 is 1.77 bits per heavy atom. The lowest BCUT2D eigenvalue weighted by Gasteiger charge is -2.63. The van der Waals surface area contributed by atoms with E-state index in [0.717, 1.165) is 38.5 Å². The SMILES string of the molecule is CO[C@H](C[C@@H](C)[C@H]1CC[C@H]2[C@@H]3[C@H](O)C[C@@H]4C[C@H](O)CC[C@]4(C)[C@H]3C[C@H](O)[C@]12C)C(=O)O. The second kappa shape index (κ2) is 8.27. The number of hydrogen-bond donors (Lipinski definition) is 4. The molecule has 12 atom stereocenters. The number of carbonyl (C=O) groups is 1. The molecule has 0 spiro atoms. The van der Waals surface area contributed by atoms with Gasteiger partial charge in [-0.3, -0.25) is 0 Å². The van der Waals surface area contributed by atoms with Crippen molar-refractivity contribution >= 4 is 5.97 Å². The molecule has 0 heterocycles. The van der Waals surface area contributed by atoms with E-state index in [4.69, 9.17) is 4.74 Å². The summed E-state index contributed by atoms with van der Waals surface area (Å²) in [6.07, 6.45) is 4.48. The number of aliphatic carboxylic acids is 1. The fraction of sp³-hybridized carbons (Fsp3) is 0.960. The van der Waals surface area contributed by atoms with E-state index in [-0.39, 0.29) is 52.6 Å². The van der Waals surface area contributed by atoms with Gasteiger partial charge in [0.1, 0.15) is 0 Å². The second-order valence-electron chi connectivity index (χ2n) is 11.8. The van der Waals surface area contributed by atoms with Crippen molar-refractivity contribution in [3.05, 3.63) is 0 Å². The minimum atomic E-state index is -0.931. The number of fused-ring (bicyclic) bond motifs is 5. The van der Waals surface area contributed by atoms with Crippen LogP contribution in [-0.2, 0) is 9.53 Å². The molecule has 4 aliphatic carbocycles. The number of hydrogen-bond acceptors (Lipinski definition) is 5. The number of carboxylic acids is 1. The summed E-state index contributed by atoms with van der Waals surface area (Å²) in [7, 11) is 1.45. The van der Waals surface area contributed by atoms with Gasteiger partial charge in [0.2, 0.25) is 0 Å². The first-order chi connectivity index (χ1) is 14.5. The highest BCUT2D eigenvalue weighted by atomic mass is 16.5. The van der Waals surface area contributed by atoms with Crippen molar-refractivity contribution in [1.82, 2.24) is 0 Å². The Labute approximate surface area is 186 Å². The van der Waals surface area contributed by atoms with Crippen LogP contribution in [0.2, 0.25) is 0 Å². The van der Waals surface area contributed by atoms with Crippen LogP contribution in [0.3, 0.4) is 0 Å². The summed E-state index contributed by atoms with van der Waals surface area (Å²) in [5, 5.41) is 42.5. The summed E-state index contributed by atoms with van der Waals surface area (Å²) in [6.45, 7) is 6.64. The van der Waals surface area contributed by atoms with Crippen molar-refractivity contribution in [3.63, 3.8) is 0 Å². The summed E-state index contributed by atoms with van der Waals surface area (Å²) in [5.41, 5.74) is -0.241. The fourth-order valence-electron chi connectivity index (χ4n) is 8.93. The molecule has 31 heavy (non-hydrogen) atoms. The average Bonchev–Trinajstić information content (AvgIpc) is 3.06. The normalized spacial score (nSPS) is 51.3. The van der Waals surface area contributed by atoms with E-state index in [2.05, 4.69) is 20.8 Å². The van der Waals surface area contributed by atoms with Crippen LogP contribution in [0.25, 0.3) is 0 Å². The van der Waals surface area contributed by atoms with Crippen LogP contribution >= 0.6 is 0 Å². The third kappa shape index (κ3) is 3.56. The van der Waals surface area contributed by atoms with Crippen LogP contribution in [0.1, 0.15) is 72.1 Å². The molecule has 4 fully saturated rings. The van der Waals surface area contributed by atoms with E-state index >= 15 is 0 Å². The first kappa shape index (κ1) is 23.5.